The molecule has 2 aliphatic rings. The topological polar surface area (TPSA) is 9.23 Å². The van der Waals surface area contributed by atoms with E-state index in [-0.39, 0.29) is 5.60 Å². The second-order valence-corrected chi connectivity index (χ2v) is 4.84. The highest BCUT2D eigenvalue weighted by Gasteiger charge is 2.39. The Balaban J connectivity index is 2.00. The van der Waals surface area contributed by atoms with Crippen LogP contribution in [0.4, 0.5) is 0 Å². The molecule has 13 heavy (non-hydrogen) atoms. The highest BCUT2D eigenvalue weighted by molar-refractivity contribution is 7.84. The van der Waals surface area contributed by atoms with Crippen molar-refractivity contribution >= 4 is 12.6 Å². The van der Waals surface area contributed by atoms with Gasteiger partial charge in [-0.2, -0.15) is 0 Å². The molecule has 2 heteroatoms. The van der Waals surface area contributed by atoms with Crippen LogP contribution in [0.3, 0.4) is 0 Å². The average Bonchev–Trinajstić information content (AvgIpc) is 2.55. The molecule has 74 valence electrons. The molecule has 1 aliphatic carbocycles. The lowest BCUT2D eigenvalue weighted by molar-refractivity contribution is -0.0474. The number of rotatable bonds is 1. The van der Waals surface area contributed by atoms with Crippen LogP contribution < -0.4 is 0 Å². The number of hydrogen-bond donors (Lipinski definition) is 1. The summed E-state index contributed by atoms with van der Waals surface area (Å²) in [6.07, 6.45) is 9.81. The van der Waals surface area contributed by atoms with Crippen LogP contribution in [0.5, 0.6) is 0 Å². The van der Waals surface area contributed by atoms with Gasteiger partial charge in [0.2, 0.25) is 0 Å². The molecule has 2 atom stereocenters. The van der Waals surface area contributed by atoms with Gasteiger partial charge in [-0.25, -0.2) is 0 Å². The van der Waals surface area contributed by atoms with Gasteiger partial charge in [-0.05, 0) is 43.4 Å². The second kappa shape index (κ2) is 3.66. The summed E-state index contributed by atoms with van der Waals surface area (Å²) in [5, 5.41) is 0. The van der Waals surface area contributed by atoms with Crippen LogP contribution in [0.25, 0.3) is 0 Å². The maximum Gasteiger partial charge on any atom is 0.0725 e. The van der Waals surface area contributed by atoms with Gasteiger partial charge in [0.1, 0.15) is 0 Å². The van der Waals surface area contributed by atoms with Crippen LogP contribution >= 0.6 is 12.6 Å². The van der Waals surface area contributed by atoms with Gasteiger partial charge in [0.05, 0.1) is 11.7 Å². The Kier molecular flexibility index (Phi) is 2.70. The minimum Gasteiger partial charge on any atom is -0.371 e. The van der Waals surface area contributed by atoms with Gasteiger partial charge in [0.15, 0.2) is 0 Å². The molecule has 0 aromatic heterocycles. The molecule has 1 aliphatic heterocycles. The summed E-state index contributed by atoms with van der Waals surface area (Å²) in [4.78, 5) is 1.24. The van der Waals surface area contributed by atoms with Crippen molar-refractivity contribution in [3.05, 3.63) is 11.0 Å². The summed E-state index contributed by atoms with van der Waals surface area (Å²) in [7, 11) is 0. The maximum atomic E-state index is 6.11. The summed E-state index contributed by atoms with van der Waals surface area (Å²) in [5.41, 5.74) is 0.201. The van der Waals surface area contributed by atoms with Crippen molar-refractivity contribution < 1.29 is 4.74 Å². The van der Waals surface area contributed by atoms with Crippen LogP contribution in [0, 0.1) is 0 Å². The SMILES string of the molecule is CCC1CCC2(CC=C(S)CC2)O1. The standard InChI is InChI=1S/C11H18OS/c1-2-9-3-6-11(12-9)7-4-10(13)5-8-11/h4,9,13H,2-3,5-8H2,1H3. The average molecular weight is 198 g/mol. The van der Waals surface area contributed by atoms with Crippen molar-refractivity contribution in [1.29, 1.82) is 0 Å². The molecule has 0 aromatic carbocycles. The molecule has 2 rings (SSSR count). The molecular weight excluding hydrogens is 180 g/mol. The Morgan fingerprint density at radius 2 is 2.46 bits per heavy atom. The Hall–Kier alpha value is 0.0500. The minimum atomic E-state index is 0.201. The van der Waals surface area contributed by atoms with Crippen molar-refractivity contribution in [3.8, 4) is 0 Å². The van der Waals surface area contributed by atoms with E-state index in [1.807, 2.05) is 0 Å². The quantitative estimate of drug-likeness (QED) is 0.636. The number of allylic oxidation sites excluding steroid dienone is 1. The number of hydrogen-bond acceptors (Lipinski definition) is 2. The van der Waals surface area contributed by atoms with E-state index in [1.54, 1.807) is 0 Å². The first-order valence-corrected chi connectivity index (χ1v) is 5.75. The lowest BCUT2D eigenvalue weighted by Crippen LogP contribution is -2.30. The molecule has 1 heterocycles. The van der Waals surface area contributed by atoms with Crippen LogP contribution in [-0.2, 0) is 4.74 Å². The maximum absolute atomic E-state index is 6.11. The van der Waals surface area contributed by atoms with Gasteiger partial charge in [-0.15, -0.1) is 12.6 Å². The lowest BCUT2D eigenvalue weighted by Gasteiger charge is -2.31. The molecule has 0 radical (unpaired) electrons. The third-order valence-corrected chi connectivity index (χ3v) is 3.75. The fourth-order valence-electron chi connectivity index (χ4n) is 2.38. The number of ether oxygens (including phenoxy) is 1. The Bertz CT molecular complexity index is 224. The van der Waals surface area contributed by atoms with Gasteiger partial charge < -0.3 is 4.74 Å². The zero-order valence-electron chi connectivity index (χ0n) is 8.25. The first-order valence-electron chi connectivity index (χ1n) is 5.30. The Morgan fingerprint density at radius 3 is 3.00 bits per heavy atom. The Labute approximate surface area is 86.0 Å². The highest BCUT2D eigenvalue weighted by atomic mass is 32.1. The largest absolute Gasteiger partial charge is 0.371 e. The fourth-order valence-corrected chi connectivity index (χ4v) is 2.58. The molecule has 1 nitrogen and oxygen atoms in total. The summed E-state index contributed by atoms with van der Waals surface area (Å²) >= 11 is 4.39. The van der Waals surface area contributed by atoms with Crippen molar-refractivity contribution in [3.63, 3.8) is 0 Å². The Morgan fingerprint density at radius 1 is 1.62 bits per heavy atom. The van der Waals surface area contributed by atoms with Crippen molar-refractivity contribution in [1.82, 2.24) is 0 Å². The monoisotopic (exact) mass is 198 g/mol. The van der Waals surface area contributed by atoms with Crippen LogP contribution in [-0.4, -0.2) is 11.7 Å². The van der Waals surface area contributed by atoms with Gasteiger partial charge in [0, 0.05) is 0 Å². The van der Waals surface area contributed by atoms with E-state index in [1.165, 1.54) is 30.6 Å². The van der Waals surface area contributed by atoms with E-state index in [0.29, 0.717) is 6.10 Å². The van der Waals surface area contributed by atoms with E-state index in [2.05, 4.69) is 25.6 Å². The van der Waals surface area contributed by atoms with Crippen molar-refractivity contribution in [2.45, 2.75) is 57.2 Å². The van der Waals surface area contributed by atoms with Gasteiger partial charge in [-0.1, -0.05) is 13.0 Å². The van der Waals surface area contributed by atoms with Crippen molar-refractivity contribution in [2.75, 3.05) is 0 Å². The molecule has 2 unspecified atom stereocenters. The van der Waals surface area contributed by atoms with Crippen LogP contribution in [0.15, 0.2) is 11.0 Å². The highest BCUT2D eigenvalue weighted by Crippen LogP contribution is 2.42. The zero-order valence-corrected chi connectivity index (χ0v) is 9.15. The smallest absolute Gasteiger partial charge is 0.0725 e. The van der Waals surface area contributed by atoms with Crippen LogP contribution in [0.1, 0.15) is 45.4 Å². The van der Waals surface area contributed by atoms with E-state index >= 15 is 0 Å². The summed E-state index contributed by atoms with van der Waals surface area (Å²) < 4.78 is 6.11. The van der Waals surface area contributed by atoms with E-state index < -0.39 is 0 Å². The fraction of sp³-hybridized carbons (Fsp3) is 0.818. The van der Waals surface area contributed by atoms with E-state index in [0.717, 1.165) is 12.8 Å². The van der Waals surface area contributed by atoms with E-state index in [9.17, 15) is 0 Å². The third kappa shape index (κ3) is 1.94. The normalized spacial score (nSPS) is 39.5. The lowest BCUT2D eigenvalue weighted by atomic mass is 9.86. The van der Waals surface area contributed by atoms with Gasteiger partial charge in [0.25, 0.3) is 0 Å². The first-order chi connectivity index (χ1) is 6.24. The molecule has 0 amide bonds. The summed E-state index contributed by atoms with van der Waals surface area (Å²) in [6, 6.07) is 0. The van der Waals surface area contributed by atoms with Crippen molar-refractivity contribution in [2.24, 2.45) is 0 Å². The number of thiol groups is 1. The molecule has 1 saturated heterocycles. The minimum absolute atomic E-state index is 0.201. The molecule has 0 bridgehead atoms. The third-order valence-electron chi connectivity index (χ3n) is 3.34. The molecule has 1 spiro atoms. The summed E-state index contributed by atoms with van der Waals surface area (Å²) in [6.45, 7) is 2.21. The summed E-state index contributed by atoms with van der Waals surface area (Å²) in [5.74, 6) is 0. The molecule has 0 N–H and O–H groups in total. The second-order valence-electron chi connectivity index (χ2n) is 4.27. The van der Waals surface area contributed by atoms with Gasteiger partial charge >= 0.3 is 0 Å². The van der Waals surface area contributed by atoms with Gasteiger partial charge in [-0.3, -0.25) is 0 Å². The zero-order chi connectivity index (χ0) is 9.31. The van der Waals surface area contributed by atoms with E-state index in [4.69, 9.17) is 4.74 Å². The molecule has 1 fully saturated rings. The molecule has 0 saturated carbocycles. The predicted molar refractivity (Wildman–Crippen MR) is 58.0 cm³/mol. The predicted octanol–water partition coefficient (Wildman–Crippen LogP) is 3.31. The van der Waals surface area contributed by atoms with Crippen LogP contribution in [0.2, 0.25) is 0 Å². The molecular formula is C11H18OS. The molecule has 0 aromatic rings. The first kappa shape index (κ1) is 9.60.